The molecule has 6 nitrogen and oxygen atoms in total. The summed E-state index contributed by atoms with van der Waals surface area (Å²) in [7, 11) is -2.89. The molecule has 1 N–H and O–H groups in total. The fourth-order valence-corrected chi connectivity index (χ4v) is 3.36. The standard InChI is InChI=1S/C13H22N4O2S/c1-11(2)14-10-12-4-5-13(16-15-12)17-6-3-8-20(18,19)9-7-17/h4-5,11,14H,3,6-10H2,1-2H3. The van der Waals surface area contributed by atoms with E-state index in [1.54, 1.807) is 0 Å². The second kappa shape index (κ2) is 6.49. The van der Waals surface area contributed by atoms with Crippen LogP contribution >= 0.6 is 0 Å². The molecule has 2 rings (SSSR count). The molecule has 0 aliphatic carbocycles. The fraction of sp³-hybridized carbons (Fsp3) is 0.692. The van der Waals surface area contributed by atoms with Crippen molar-refractivity contribution < 1.29 is 8.42 Å². The van der Waals surface area contributed by atoms with Crippen molar-refractivity contribution in [1.29, 1.82) is 0 Å². The zero-order valence-electron chi connectivity index (χ0n) is 12.0. The summed E-state index contributed by atoms with van der Waals surface area (Å²) in [6.45, 7) is 6.08. The lowest BCUT2D eigenvalue weighted by Gasteiger charge is -2.20. The van der Waals surface area contributed by atoms with Gasteiger partial charge in [-0.1, -0.05) is 13.8 Å². The molecular weight excluding hydrogens is 276 g/mol. The third kappa shape index (κ3) is 4.42. The summed E-state index contributed by atoms with van der Waals surface area (Å²) in [5.74, 6) is 1.23. The smallest absolute Gasteiger partial charge is 0.152 e. The Bertz CT molecular complexity index is 528. The topological polar surface area (TPSA) is 75.2 Å². The van der Waals surface area contributed by atoms with Crippen LogP contribution in [-0.4, -0.2) is 49.3 Å². The van der Waals surface area contributed by atoms with Crippen LogP contribution in [0.2, 0.25) is 0 Å². The molecule has 1 aliphatic rings. The van der Waals surface area contributed by atoms with E-state index >= 15 is 0 Å². The van der Waals surface area contributed by atoms with Crippen molar-refractivity contribution in [3.63, 3.8) is 0 Å². The van der Waals surface area contributed by atoms with E-state index in [1.807, 2.05) is 17.0 Å². The number of anilines is 1. The Labute approximate surface area is 120 Å². The summed E-state index contributed by atoms with van der Waals surface area (Å²) in [5, 5.41) is 11.7. The molecule has 0 unspecified atom stereocenters. The highest BCUT2D eigenvalue weighted by atomic mass is 32.2. The van der Waals surface area contributed by atoms with E-state index in [9.17, 15) is 8.42 Å². The van der Waals surface area contributed by atoms with Gasteiger partial charge in [0.25, 0.3) is 0 Å². The molecule has 0 aromatic carbocycles. The summed E-state index contributed by atoms with van der Waals surface area (Å²) in [5.41, 5.74) is 0.893. The van der Waals surface area contributed by atoms with Crippen LogP contribution in [0.5, 0.6) is 0 Å². The second-order valence-electron chi connectivity index (χ2n) is 5.41. The number of hydrogen-bond acceptors (Lipinski definition) is 6. The lowest BCUT2D eigenvalue weighted by atomic mass is 10.3. The first kappa shape index (κ1) is 15.2. The fourth-order valence-electron chi connectivity index (χ4n) is 2.09. The highest BCUT2D eigenvalue weighted by Crippen LogP contribution is 2.14. The Balaban J connectivity index is 1.99. The third-order valence-electron chi connectivity index (χ3n) is 3.28. The minimum Gasteiger partial charge on any atom is -0.354 e. The van der Waals surface area contributed by atoms with Crippen LogP contribution in [0.4, 0.5) is 5.82 Å². The first-order chi connectivity index (χ1) is 9.46. The number of nitrogens with zero attached hydrogens (tertiary/aromatic N) is 3. The van der Waals surface area contributed by atoms with E-state index in [4.69, 9.17) is 0 Å². The maximum Gasteiger partial charge on any atom is 0.152 e. The maximum absolute atomic E-state index is 11.6. The van der Waals surface area contributed by atoms with Gasteiger partial charge in [-0.05, 0) is 18.6 Å². The minimum absolute atomic E-state index is 0.200. The van der Waals surface area contributed by atoms with E-state index in [1.165, 1.54) is 0 Å². The van der Waals surface area contributed by atoms with Crippen LogP contribution in [0.1, 0.15) is 26.0 Å². The maximum atomic E-state index is 11.6. The summed E-state index contributed by atoms with van der Waals surface area (Å²) in [4.78, 5) is 2.00. The number of aromatic nitrogens is 2. The molecule has 7 heteroatoms. The predicted molar refractivity (Wildman–Crippen MR) is 79.5 cm³/mol. The Morgan fingerprint density at radius 3 is 2.70 bits per heavy atom. The second-order valence-corrected chi connectivity index (χ2v) is 7.71. The van der Waals surface area contributed by atoms with Gasteiger partial charge < -0.3 is 10.2 Å². The van der Waals surface area contributed by atoms with Gasteiger partial charge in [-0.25, -0.2) is 8.42 Å². The van der Waals surface area contributed by atoms with E-state index in [2.05, 4.69) is 29.4 Å². The van der Waals surface area contributed by atoms with E-state index in [-0.39, 0.29) is 11.5 Å². The Hall–Kier alpha value is -1.21. The van der Waals surface area contributed by atoms with Gasteiger partial charge in [-0.3, -0.25) is 0 Å². The van der Waals surface area contributed by atoms with Gasteiger partial charge in [0, 0.05) is 25.7 Å². The van der Waals surface area contributed by atoms with E-state index in [0.29, 0.717) is 25.6 Å². The molecule has 0 radical (unpaired) electrons. The normalized spacial score (nSPS) is 19.1. The predicted octanol–water partition coefficient (Wildman–Crippen LogP) is 0.599. The van der Waals surface area contributed by atoms with Gasteiger partial charge in [0.05, 0.1) is 17.2 Å². The summed E-state index contributed by atoms with van der Waals surface area (Å²) < 4.78 is 23.2. The van der Waals surface area contributed by atoms with Crippen molar-refractivity contribution in [2.75, 3.05) is 29.5 Å². The molecule has 0 atom stereocenters. The van der Waals surface area contributed by atoms with Crippen molar-refractivity contribution in [3.05, 3.63) is 17.8 Å². The average Bonchev–Trinajstić information content (AvgIpc) is 2.58. The van der Waals surface area contributed by atoms with Crippen molar-refractivity contribution >= 4 is 15.7 Å². The van der Waals surface area contributed by atoms with Crippen LogP contribution in [0.25, 0.3) is 0 Å². The molecule has 112 valence electrons. The quantitative estimate of drug-likeness (QED) is 0.877. The van der Waals surface area contributed by atoms with Crippen LogP contribution in [0.15, 0.2) is 12.1 Å². The zero-order valence-corrected chi connectivity index (χ0v) is 12.9. The molecule has 1 fully saturated rings. The zero-order chi connectivity index (χ0) is 14.6. The SMILES string of the molecule is CC(C)NCc1ccc(N2CCCS(=O)(=O)CC2)nn1. The van der Waals surface area contributed by atoms with Gasteiger partial charge in [0.1, 0.15) is 0 Å². The van der Waals surface area contributed by atoms with Crippen LogP contribution < -0.4 is 10.2 Å². The molecule has 0 amide bonds. The van der Waals surface area contributed by atoms with Gasteiger partial charge in [-0.2, -0.15) is 5.10 Å². The molecule has 1 aliphatic heterocycles. The molecular formula is C13H22N4O2S. The lowest BCUT2D eigenvalue weighted by Crippen LogP contribution is -2.28. The number of sulfone groups is 1. The third-order valence-corrected chi connectivity index (χ3v) is 4.99. The van der Waals surface area contributed by atoms with Crippen LogP contribution in [-0.2, 0) is 16.4 Å². The van der Waals surface area contributed by atoms with Gasteiger partial charge in [0.15, 0.2) is 15.7 Å². The van der Waals surface area contributed by atoms with Crippen molar-refractivity contribution in [2.45, 2.75) is 32.9 Å². The first-order valence-corrected chi connectivity index (χ1v) is 8.80. The van der Waals surface area contributed by atoms with Crippen LogP contribution in [0, 0.1) is 0 Å². The first-order valence-electron chi connectivity index (χ1n) is 6.98. The van der Waals surface area contributed by atoms with Gasteiger partial charge in [-0.15, -0.1) is 5.10 Å². The Morgan fingerprint density at radius 1 is 1.25 bits per heavy atom. The Morgan fingerprint density at radius 2 is 2.05 bits per heavy atom. The molecule has 1 saturated heterocycles. The number of rotatable bonds is 4. The highest BCUT2D eigenvalue weighted by Gasteiger charge is 2.20. The van der Waals surface area contributed by atoms with Gasteiger partial charge >= 0.3 is 0 Å². The van der Waals surface area contributed by atoms with Crippen molar-refractivity contribution in [3.8, 4) is 0 Å². The molecule has 20 heavy (non-hydrogen) atoms. The molecule has 0 spiro atoms. The monoisotopic (exact) mass is 298 g/mol. The summed E-state index contributed by atoms with van der Waals surface area (Å²) >= 11 is 0. The Kier molecular flexibility index (Phi) is 4.93. The van der Waals surface area contributed by atoms with Crippen molar-refractivity contribution in [1.82, 2.24) is 15.5 Å². The van der Waals surface area contributed by atoms with E-state index in [0.717, 1.165) is 18.1 Å². The molecule has 1 aromatic rings. The van der Waals surface area contributed by atoms with Gasteiger partial charge in [0.2, 0.25) is 0 Å². The highest BCUT2D eigenvalue weighted by molar-refractivity contribution is 7.91. The lowest BCUT2D eigenvalue weighted by molar-refractivity contribution is 0.577. The van der Waals surface area contributed by atoms with Crippen molar-refractivity contribution in [2.24, 2.45) is 0 Å². The molecule has 0 saturated carbocycles. The molecule has 0 bridgehead atoms. The molecule has 2 heterocycles. The summed E-state index contributed by atoms with van der Waals surface area (Å²) in [6.07, 6.45) is 0.653. The largest absolute Gasteiger partial charge is 0.354 e. The van der Waals surface area contributed by atoms with Crippen LogP contribution in [0.3, 0.4) is 0 Å². The number of nitrogens with one attached hydrogen (secondary N) is 1. The average molecular weight is 298 g/mol. The molecule has 1 aromatic heterocycles. The summed E-state index contributed by atoms with van der Waals surface area (Å²) in [6, 6.07) is 4.27. The van der Waals surface area contributed by atoms with E-state index < -0.39 is 9.84 Å². The number of hydrogen-bond donors (Lipinski definition) is 1. The minimum atomic E-state index is -2.89.